The van der Waals surface area contributed by atoms with Crippen LogP contribution in [0.25, 0.3) is 11.0 Å². The van der Waals surface area contributed by atoms with E-state index in [2.05, 4.69) is 74.8 Å². The zero-order valence-electron chi connectivity index (χ0n) is 41.1. The van der Waals surface area contributed by atoms with Gasteiger partial charge in [0.1, 0.15) is 23.8 Å². The summed E-state index contributed by atoms with van der Waals surface area (Å²) >= 11 is 0. The number of anilines is 2. The van der Waals surface area contributed by atoms with Crippen LogP contribution in [0.4, 0.5) is 21.5 Å². The number of carbonyl (C=O) groups is 1. The van der Waals surface area contributed by atoms with Crippen LogP contribution in [0.1, 0.15) is 120 Å². The van der Waals surface area contributed by atoms with E-state index in [1.165, 1.54) is 42.5 Å². The summed E-state index contributed by atoms with van der Waals surface area (Å²) in [6.45, 7) is 14.4. The van der Waals surface area contributed by atoms with Gasteiger partial charge in [-0.1, -0.05) is 51.5 Å². The Hall–Kier alpha value is -5.98. The van der Waals surface area contributed by atoms with E-state index in [0.29, 0.717) is 37.6 Å². The maximum atomic E-state index is 15.0. The standard InChI is InChI=1S/C53H64FN7O9S/c1-6-68-50-46(27-38-40(54)28-55-48(38)57-50)70-44-24-33(59-22-20-53(21-23-59)30-60(31-53)42-13-9-11-36(42)35-10-7-8-12-39(35)51(2,3)4)14-15-37(44)49(62)58-71(66,67)34-25-43(61(64)65)47-45(26-34)69-29-41(56-47)32-16-18-52(5,63)19-17-32/h7-8,10,12,14-15,24-28,32,36,41-42,56,63H,6,9,11,13,16-23,29-31H2,1-5H3,(H,55,57)(H,58,62)/t32-,36-,41+,42-,52-/m0/s1. The molecule has 2 aromatic heterocycles. The molecule has 1 spiro atoms. The lowest BCUT2D eigenvalue weighted by atomic mass is 9.70. The number of fused-ring (bicyclic) bond motifs is 2. The second-order valence-electron chi connectivity index (χ2n) is 21.8. The van der Waals surface area contributed by atoms with Crippen molar-refractivity contribution in [2.75, 3.05) is 49.6 Å². The highest BCUT2D eigenvalue weighted by atomic mass is 32.2. The van der Waals surface area contributed by atoms with Crippen LogP contribution in [-0.4, -0.2) is 96.3 Å². The van der Waals surface area contributed by atoms with Crippen molar-refractivity contribution in [1.82, 2.24) is 19.6 Å². The number of rotatable bonds is 12. The third-order valence-electron chi connectivity index (χ3n) is 15.9. The fraction of sp³-hybridized carbons (Fsp3) is 0.509. The number of aromatic nitrogens is 2. The molecule has 378 valence electrons. The van der Waals surface area contributed by atoms with Gasteiger partial charge in [-0.3, -0.25) is 19.8 Å². The molecule has 71 heavy (non-hydrogen) atoms. The number of aliphatic hydroxyl groups is 1. The van der Waals surface area contributed by atoms with E-state index in [4.69, 9.17) is 14.2 Å². The minimum atomic E-state index is -4.76. The number of amides is 1. The van der Waals surface area contributed by atoms with Gasteiger partial charge in [-0.2, -0.15) is 4.98 Å². The molecular formula is C53H64FN7O9S. The van der Waals surface area contributed by atoms with E-state index >= 15 is 0 Å². The third kappa shape index (κ3) is 9.62. The van der Waals surface area contributed by atoms with Crippen LogP contribution in [0.3, 0.4) is 0 Å². The minimum absolute atomic E-state index is 0.00118. The number of ether oxygens (including phenoxy) is 3. The average Bonchev–Trinajstić information content (AvgIpc) is 3.96. The number of nitro benzene ring substituents is 1. The second-order valence-corrected chi connectivity index (χ2v) is 23.5. The number of halogens is 1. The summed E-state index contributed by atoms with van der Waals surface area (Å²) in [5.74, 6) is -1.09. The highest BCUT2D eigenvalue weighted by Crippen LogP contribution is 2.50. The number of hydrogen-bond donors (Lipinski definition) is 4. The van der Waals surface area contributed by atoms with Crippen LogP contribution in [0, 0.1) is 27.3 Å². The van der Waals surface area contributed by atoms with Crippen LogP contribution >= 0.6 is 0 Å². The highest BCUT2D eigenvalue weighted by Gasteiger charge is 2.50. The van der Waals surface area contributed by atoms with E-state index < -0.39 is 42.9 Å². The first kappa shape index (κ1) is 48.6. The molecule has 1 amide bonds. The number of piperidine rings is 1. The maximum Gasteiger partial charge on any atom is 0.297 e. The predicted molar refractivity (Wildman–Crippen MR) is 268 cm³/mol. The summed E-state index contributed by atoms with van der Waals surface area (Å²) in [6.07, 6.45) is 9.27. The van der Waals surface area contributed by atoms with Gasteiger partial charge in [0.25, 0.3) is 27.5 Å². The number of nitrogens with one attached hydrogen (secondary N) is 3. The Morgan fingerprint density at radius 3 is 2.49 bits per heavy atom. The molecule has 5 aromatic rings. The van der Waals surface area contributed by atoms with Gasteiger partial charge in [-0.25, -0.2) is 17.5 Å². The largest absolute Gasteiger partial charge is 0.489 e. The van der Waals surface area contributed by atoms with Crippen LogP contribution in [0.2, 0.25) is 0 Å². The van der Waals surface area contributed by atoms with Gasteiger partial charge in [0, 0.05) is 68.4 Å². The van der Waals surface area contributed by atoms with Crippen LogP contribution < -0.4 is 29.1 Å². The molecule has 4 fully saturated rings. The van der Waals surface area contributed by atoms with Gasteiger partial charge in [0.15, 0.2) is 17.2 Å². The first-order chi connectivity index (χ1) is 33.8. The van der Waals surface area contributed by atoms with Crippen molar-refractivity contribution in [3.8, 4) is 23.1 Å². The summed E-state index contributed by atoms with van der Waals surface area (Å²) in [6, 6.07) is 17.6. The van der Waals surface area contributed by atoms with Gasteiger partial charge in [-0.05, 0) is 111 Å². The average molecular weight is 994 g/mol. The molecule has 5 aliphatic rings. The van der Waals surface area contributed by atoms with E-state index in [0.717, 1.165) is 63.0 Å². The van der Waals surface area contributed by atoms with Crippen molar-refractivity contribution in [2.45, 2.75) is 126 Å². The smallest absolute Gasteiger partial charge is 0.297 e. The molecule has 16 nitrogen and oxygen atoms in total. The van der Waals surface area contributed by atoms with Crippen molar-refractivity contribution in [3.63, 3.8) is 0 Å². The summed E-state index contributed by atoms with van der Waals surface area (Å²) in [4.78, 5) is 37.7. The molecule has 2 saturated heterocycles. The lowest BCUT2D eigenvalue weighted by molar-refractivity contribution is -0.384. The fourth-order valence-corrected chi connectivity index (χ4v) is 12.9. The molecule has 2 aliphatic carbocycles. The van der Waals surface area contributed by atoms with Crippen molar-refractivity contribution in [3.05, 3.63) is 99.5 Å². The number of aromatic amines is 1. The molecular weight excluding hydrogens is 930 g/mol. The molecule has 3 aliphatic heterocycles. The number of benzene rings is 3. The van der Waals surface area contributed by atoms with Crippen LogP contribution in [0.15, 0.2) is 71.8 Å². The Morgan fingerprint density at radius 2 is 1.77 bits per heavy atom. The molecule has 5 heterocycles. The number of nitrogens with zero attached hydrogens (tertiary/aromatic N) is 4. The van der Waals surface area contributed by atoms with Gasteiger partial charge in [-0.15, -0.1) is 0 Å². The lowest BCUT2D eigenvalue weighted by Gasteiger charge is -2.57. The molecule has 0 bridgehead atoms. The van der Waals surface area contributed by atoms with E-state index in [1.54, 1.807) is 26.0 Å². The molecule has 4 N–H and O–H groups in total. The zero-order valence-corrected chi connectivity index (χ0v) is 41.9. The summed E-state index contributed by atoms with van der Waals surface area (Å²) < 4.78 is 63.5. The van der Waals surface area contributed by atoms with Crippen molar-refractivity contribution in [1.29, 1.82) is 0 Å². The molecule has 3 atom stereocenters. The molecule has 2 saturated carbocycles. The van der Waals surface area contributed by atoms with Gasteiger partial charge >= 0.3 is 0 Å². The Kier molecular flexibility index (Phi) is 12.7. The Bertz CT molecular complexity index is 2970. The first-order valence-electron chi connectivity index (χ1n) is 25.0. The summed E-state index contributed by atoms with van der Waals surface area (Å²) in [5.41, 5.74) is 2.74. The number of likely N-dealkylation sites (tertiary alicyclic amines) is 1. The molecule has 18 heteroatoms. The number of H-pyrrole nitrogens is 1. The lowest BCUT2D eigenvalue weighted by Crippen LogP contribution is -2.63. The molecule has 3 aromatic carbocycles. The first-order valence-corrected chi connectivity index (χ1v) is 26.5. The van der Waals surface area contributed by atoms with Gasteiger partial charge in [0.2, 0.25) is 0 Å². The second kappa shape index (κ2) is 18.6. The molecule has 0 radical (unpaired) electrons. The van der Waals surface area contributed by atoms with Crippen molar-refractivity contribution >= 4 is 44.0 Å². The predicted octanol–water partition coefficient (Wildman–Crippen LogP) is 9.57. The number of hydrogen-bond acceptors (Lipinski definition) is 13. The summed E-state index contributed by atoms with van der Waals surface area (Å²) in [5, 5.41) is 26.3. The minimum Gasteiger partial charge on any atom is -0.489 e. The SMILES string of the molecule is CCOc1nc2[nH]cc(F)c2cc1Oc1cc(N2CCC3(CC2)CN([C@H]2CCC[C@H]2c2ccccc2C(C)(C)C)C3)ccc1C(=O)NS(=O)(=O)c1cc2c(c([N+](=O)[O-])c1)N[C@@H]([C@H]1CC[C@](C)(O)CC1)CO2. The summed E-state index contributed by atoms with van der Waals surface area (Å²) in [7, 11) is -4.76. The van der Waals surface area contributed by atoms with E-state index in [-0.39, 0.29) is 81.4 Å². The Balaban J connectivity index is 0.889. The fourth-order valence-electron chi connectivity index (χ4n) is 11.9. The highest BCUT2D eigenvalue weighted by molar-refractivity contribution is 7.90. The Morgan fingerprint density at radius 1 is 1.03 bits per heavy atom. The monoisotopic (exact) mass is 993 g/mol. The van der Waals surface area contributed by atoms with Gasteiger partial charge in [0.05, 0.1) is 39.0 Å². The van der Waals surface area contributed by atoms with E-state index in [1.807, 2.05) is 0 Å². The molecule has 0 unspecified atom stereocenters. The third-order valence-corrected chi connectivity index (χ3v) is 17.2. The number of carbonyl (C=O) groups excluding carboxylic acids is 1. The maximum absolute atomic E-state index is 15.0. The topological polar surface area (TPSA) is 201 Å². The van der Waals surface area contributed by atoms with Crippen molar-refractivity contribution < 1.29 is 41.8 Å². The van der Waals surface area contributed by atoms with Gasteiger partial charge < -0.3 is 34.5 Å². The van der Waals surface area contributed by atoms with Crippen LogP contribution in [0.5, 0.6) is 23.1 Å². The number of nitro groups is 1. The normalized spacial score (nSPS) is 24.4. The van der Waals surface area contributed by atoms with Crippen molar-refractivity contribution in [2.24, 2.45) is 11.3 Å². The zero-order chi connectivity index (χ0) is 50.0. The molecule has 10 rings (SSSR count). The number of sulfonamides is 1. The van der Waals surface area contributed by atoms with Crippen LogP contribution in [-0.2, 0) is 15.4 Å². The quantitative estimate of drug-likeness (QED) is 0.0681. The Labute approximate surface area is 413 Å². The number of pyridine rings is 1. The van der Waals surface area contributed by atoms with E-state index in [9.17, 15) is 32.8 Å².